The maximum atomic E-state index is 13.1. The van der Waals surface area contributed by atoms with E-state index in [0.717, 1.165) is 12.0 Å². The third-order valence-corrected chi connectivity index (χ3v) is 5.52. The highest BCUT2D eigenvalue weighted by Gasteiger charge is 2.29. The number of amides is 2. The van der Waals surface area contributed by atoms with Gasteiger partial charge in [0.2, 0.25) is 0 Å². The Balaban J connectivity index is 2.01. The summed E-state index contributed by atoms with van der Waals surface area (Å²) < 4.78 is 0. The molecule has 0 radical (unpaired) electrons. The molecule has 5 nitrogen and oxygen atoms in total. The smallest absolute Gasteiger partial charge is 0.278 e. The second kappa shape index (κ2) is 8.05. The molecule has 142 valence electrons. The van der Waals surface area contributed by atoms with Gasteiger partial charge in [-0.1, -0.05) is 40.9 Å². The quantitative estimate of drug-likeness (QED) is 0.769. The van der Waals surface area contributed by atoms with E-state index in [0.29, 0.717) is 24.2 Å². The molecular weight excluding hydrogens is 409 g/mol. The molecule has 0 saturated carbocycles. The lowest BCUT2D eigenvalue weighted by Gasteiger charge is -2.30. The lowest BCUT2D eigenvalue weighted by Crippen LogP contribution is -2.38. The Bertz CT molecular complexity index is 915. The van der Waals surface area contributed by atoms with E-state index < -0.39 is 0 Å². The molecule has 8 heteroatoms. The van der Waals surface area contributed by atoms with Crippen molar-refractivity contribution in [2.24, 2.45) is 0 Å². The van der Waals surface area contributed by atoms with Crippen molar-refractivity contribution in [1.82, 2.24) is 10.3 Å². The van der Waals surface area contributed by atoms with E-state index >= 15 is 0 Å². The number of fused-ring (bicyclic) bond motifs is 1. The van der Waals surface area contributed by atoms with Crippen molar-refractivity contribution >= 4 is 52.3 Å². The Morgan fingerprint density at radius 3 is 2.63 bits per heavy atom. The van der Waals surface area contributed by atoms with Gasteiger partial charge < -0.3 is 10.2 Å². The normalized spacial score (nSPS) is 13.5. The Morgan fingerprint density at radius 2 is 1.93 bits per heavy atom. The number of halogens is 3. The number of rotatable bonds is 3. The zero-order chi connectivity index (χ0) is 19.7. The van der Waals surface area contributed by atoms with Gasteiger partial charge in [0.1, 0.15) is 5.69 Å². The number of nitrogens with zero attached hydrogens (tertiary/aromatic N) is 2. The molecule has 0 saturated heterocycles. The summed E-state index contributed by atoms with van der Waals surface area (Å²) in [6, 6.07) is 5.39. The third kappa shape index (κ3) is 3.91. The van der Waals surface area contributed by atoms with Crippen molar-refractivity contribution in [3.8, 4) is 0 Å². The van der Waals surface area contributed by atoms with E-state index in [-0.39, 0.29) is 38.6 Å². The second-order valence-corrected chi connectivity index (χ2v) is 7.74. The molecule has 1 aromatic carbocycles. The average molecular weight is 427 g/mol. The van der Waals surface area contributed by atoms with E-state index in [9.17, 15) is 9.59 Å². The third-order valence-electron chi connectivity index (χ3n) is 4.28. The maximum absolute atomic E-state index is 13.1. The number of benzene rings is 1. The van der Waals surface area contributed by atoms with Gasteiger partial charge in [0.25, 0.3) is 11.8 Å². The number of nitrogens with one attached hydrogen (secondary N) is 1. The minimum atomic E-state index is -0.374. The Morgan fingerprint density at radius 1 is 1.19 bits per heavy atom. The highest BCUT2D eigenvalue weighted by molar-refractivity contribution is 6.49. The Labute approximate surface area is 172 Å². The van der Waals surface area contributed by atoms with E-state index in [1.807, 2.05) is 19.9 Å². The molecule has 0 bridgehead atoms. The first-order valence-electron chi connectivity index (χ1n) is 8.55. The van der Waals surface area contributed by atoms with Crippen molar-refractivity contribution in [1.29, 1.82) is 0 Å². The number of hydrogen-bond acceptors (Lipinski definition) is 3. The highest BCUT2D eigenvalue weighted by Crippen LogP contribution is 2.35. The second-order valence-electron chi connectivity index (χ2n) is 6.57. The van der Waals surface area contributed by atoms with E-state index in [4.69, 9.17) is 34.8 Å². The first kappa shape index (κ1) is 19.9. The molecule has 1 aliphatic heterocycles. The van der Waals surface area contributed by atoms with Gasteiger partial charge in [-0.15, -0.1) is 0 Å². The van der Waals surface area contributed by atoms with E-state index in [1.54, 1.807) is 17.0 Å². The van der Waals surface area contributed by atoms with Gasteiger partial charge >= 0.3 is 0 Å². The molecule has 0 atom stereocenters. The zero-order valence-electron chi connectivity index (χ0n) is 14.9. The highest BCUT2D eigenvalue weighted by atomic mass is 35.5. The molecular formula is C19H18Cl3N3O2. The maximum Gasteiger partial charge on any atom is 0.278 e. The van der Waals surface area contributed by atoms with Crippen molar-refractivity contribution in [3.63, 3.8) is 0 Å². The predicted molar refractivity (Wildman–Crippen MR) is 108 cm³/mol. The number of pyridine rings is 1. The summed E-state index contributed by atoms with van der Waals surface area (Å²) in [5.74, 6) is -0.525. The van der Waals surface area contributed by atoms with Crippen LogP contribution in [-0.2, 0) is 6.42 Å². The number of carbonyl (C=O) groups excluding carboxylic acids is 2. The van der Waals surface area contributed by atoms with Gasteiger partial charge in [-0.05, 0) is 44.4 Å². The van der Waals surface area contributed by atoms with Crippen LogP contribution in [0.4, 0.5) is 5.69 Å². The molecule has 3 rings (SSSR count). The van der Waals surface area contributed by atoms with Crippen LogP contribution in [0.15, 0.2) is 24.4 Å². The largest absolute Gasteiger partial charge is 0.350 e. The summed E-state index contributed by atoms with van der Waals surface area (Å²) >= 11 is 18.1. The molecule has 0 unspecified atom stereocenters. The zero-order valence-corrected chi connectivity index (χ0v) is 17.1. The molecule has 2 heterocycles. The fourth-order valence-corrected chi connectivity index (χ4v) is 3.67. The molecule has 1 aromatic heterocycles. The Kier molecular flexibility index (Phi) is 5.94. The van der Waals surface area contributed by atoms with Crippen LogP contribution >= 0.6 is 34.8 Å². The molecule has 1 N–H and O–H groups in total. The van der Waals surface area contributed by atoms with Gasteiger partial charge in [-0.2, -0.15) is 0 Å². The van der Waals surface area contributed by atoms with Crippen LogP contribution in [0.2, 0.25) is 15.1 Å². The van der Waals surface area contributed by atoms with Crippen LogP contribution in [0, 0.1) is 0 Å². The lowest BCUT2D eigenvalue weighted by molar-refractivity contribution is 0.0938. The summed E-state index contributed by atoms with van der Waals surface area (Å²) in [4.78, 5) is 31.3. The first-order valence-corrected chi connectivity index (χ1v) is 9.68. The standard InChI is InChI=1S/C19H18Cl3N3O2/c1-10(2)24-18(26)12-5-3-7-14-11(12)6-4-8-25(14)19(27)17-16(22)15(21)13(20)9-23-17/h3,5,7,9-10H,4,6,8H2,1-2H3,(H,24,26). The number of anilines is 1. The topological polar surface area (TPSA) is 62.3 Å². The van der Waals surface area contributed by atoms with Crippen LogP contribution in [0.25, 0.3) is 0 Å². The minimum Gasteiger partial charge on any atom is -0.350 e. The molecule has 27 heavy (non-hydrogen) atoms. The summed E-state index contributed by atoms with van der Waals surface area (Å²) in [6.07, 6.45) is 2.74. The predicted octanol–water partition coefficient (Wildman–Crippen LogP) is 4.77. The molecule has 2 aromatic rings. The van der Waals surface area contributed by atoms with Crippen LogP contribution in [0.1, 0.15) is 46.7 Å². The molecule has 1 aliphatic rings. The van der Waals surface area contributed by atoms with Gasteiger partial charge in [0.05, 0.1) is 15.1 Å². The first-order chi connectivity index (χ1) is 12.8. The molecule has 0 fully saturated rings. The van der Waals surface area contributed by atoms with E-state index in [2.05, 4.69) is 10.3 Å². The van der Waals surface area contributed by atoms with Crippen LogP contribution in [0.3, 0.4) is 0 Å². The van der Waals surface area contributed by atoms with E-state index in [1.165, 1.54) is 6.20 Å². The average Bonchev–Trinajstić information content (AvgIpc) is 2.64. The summed E-state index contributed by atoms with van der Waals surface area (Å²) in [5, 5.41) is 3.20. The summed E-state index contributed by atoms with van der Waals surface area (Å²) in [6.45, 7) is 4.31. The van der Waals surface area contributed by atoms with Crippen molar-refractivity contribution in [2.45, 2.75) is 32.7 Å². The van der Waals surface area contributed by atoms with Crippen LogP contribution in [0.5, 0.6) is 0 Å². The minimum absolute atomic E-state index is 0.0221. The Hall–Kier alpha value is -1.82. The molecule has 0 spiro atoms. The van der Waals surface area contributed by atoms with Gasteiger partial charge in [0.15, 0.2) is 0 Å². The summed E-state index contributed by atoms with van der Waals surface area (Å²) in [5.41, 5.74) is 2.14. The van der Waals surface area contributed by atoms with Crippen LogP contribution in [-0.4, -0.2) is 29.4 Å². The van der Waals surface area contributed by atoms with Crippen molar-refractivity contribution in [3.05, 3.63) is 56.3 Å². The number of aromatic nitrogens is 1. The van der Waals surface area contributed by atoms with Crippen molar-refractivity contribution < 1.29 is 9.59 Å². The number of hydrogen-bond donors (Lipinski definition) is 1. The molecule has 2 amide bonds. The van der Waals surface area contributed by atoms with Gasteiger partial charge in [0, 0.05) is 30.0 Å². The fraction of sp³-hybridized carbons (Fsp3) is 0.316. The van der Waals surface area contributed by atoms with Crippen LogP contribution < -0.4 is 10.2 Å². The molecule has 0 aliphatic carbocycles. The monoisotopic (exact) mass is 425 g/mol. The van der Waals surface area contributed by atoms with Crippen molar-refractivity contribution in [2.75, 3.05) is 11.4 Å². The summed E-state index contributed by atoms with van der Waals surface area (Å²) in [7, 11) is 0. The number of carbonyl (C=O) groups is 2. The SMILES string of the molecule is CC(C)NC(=O)c1cccc2c1CCCN2C(=O)c1ncc(Cl)c(Cl)c1Cl. The van der Waals surface area contributed by atoms with Gasteiger partial charge in [-0.3, -0.25) is 9.59 Å². The van der Waals surface area contributed by atoms with Gasteiger partial charge in [-0.25, -0.2) is 4.98 Å². The fourth-order valence-electron chi connectivity index (χ4n) is 3.11. The lowest BCUT2D eigenvalue weighted by atomic mass is 9.95.